The van der Waals surface area contributed by atoms with Crippen molar-refractivity contribution in [3.8, 4) is 0 Å². The summed E-state index contributed by atoms with van der Waals surface area (Å²) in [6, 6.07) is 8.34. The van der Waals surface area contributed by atoms with Crippen molar-refractivity contribution >= 4 is 17.8 Å². The van der Waals surface area contributed by atoms with Crippen molar-refractivity contribution in [2.75, 3.05) is 20.2 Å². The third-order valence-corrected chi connectivity index (χ3v) is 3.97. The molecule has 0 bridgehead atoms. The summed E-state index contributed by atoms with van der Waals surface area (Å²) in [6.45, 7) is -0.175. The summed E-state index contributed by atoms with van der Waals surface area (Å²) in [7, 11) is 3.04. The monoisotopic (exact) mass is 388 g/mol. The fourth-order valence-corrected chi connectivity index (χ4v) is 2.76. The maximum absolute atomic E-state index is 12.5. The van der Waals surface area contributed by atoms with Gasteiger partial charge >= 0.3 is 11.9 Å². The molecule has 1 atom stereocenters. The summed E-state index contributed by atoms with van der Waals surface area (Å²) in [5, 5.41) is 11.7. The molecule has 1 amide bonds. The topological polar surface area (TPSA) is 114 Å². The summed E-state index contributed by atoms with van der Waals surface area (Å²) in [4.78, 5) is 41.3. The number of carboxylic acids is 1. The molecular formula is C19H24N4O5. The van der Waals surface area contributed by atoms with Gasteiger partial charge in [-0.15, -0.1) is 0 Å². The lowest BCUT2D eigenvalue weighted by molar-refractivity contribution is -0.145. The second-order valence-corrected chi connectivity index (χ2v) is 6.40. The highest BCUT2D eigenvalue weighted by Gasteiger charge is 2.24. The third kappa shape index (κ3) is 6.84. The molecule has 1 unspecified atom stereocenters. The molecule has 1 heterocycles. The Morgan fingerprint density at radius 1 is 1.25 bits per heavy atom. The number of aliphatic carboxylic acids is 1. The summed E-state index contributed by atoms with van der Waals surface area (Å²) >= 11 is 0. The Morgan fingerprint density at radius 3 is 2.54 bits per heavy atom. The zero-order valence-corrected chi connectivity index (χ0v) is 15.9. The van der Waals surface area contributed by atoms with Gasteiger partial charge in [-0.25, -0.2) is 9.78 Å². The van der Waals surface area contributed by atoms with Crippen molar-refractivity contribution in [3.63, 3.8) is 0 Å². The van der Waals surface area contributed by atoms with Crippen molar-refractivity contribution < 1.29 is 24.2 Å². The van der Waals surface area contributed by atoms with Crippen molar-refractivity contribution in [2.24, 2.45) is 7.05 Å². The zero-order chi connectivity index (χ0) is 20.5. The second kappa shape index (κ2) is 10.2. The number of hydrogen-bond acceptors (Lipinski definition) is 6. The number of carbonyl (C=O) groups excluding carboxylic acids is 2. The lowest BCUT2D eigenvalue weighted by atomic mass is 10.1. The van der Waals surface area contributed by atoms with E-state index in [2.05, 4.69) is 10.3 Å². The quantitative estimate of drug-likeness (QED) is 0.559. The number of aryl methyl sites for hydroxylation is 1. The number of nitrogens with zero attached hydrogens (tertiary/aromatic N) is 3. The standard InChI is InChI=1S/C19H24N4O5/c1-22-10-15(20-13-22)8-16(19(27)28-2)21-17(24)11-23(12-18(25)26)9-14-6-4-3-5-7-14/h3-7,10,13,16H,8-9,11-12H2,1-2H3,(H,21,24)(H,25,26). The first-order chi connectivity index (χ1) is 13.4. The Labute approximate surface area is 162 Å². The molecule has 9 heteroatoms. The van der Waals surface area contributed by atoms with E-state index in [9.17, 15) is 14.4 Å². The molecule has 150 valence electrons. The molecule has 0 aliphatic rings. The predicted octanol–water partition coefficient (Wildman–Crippen LogP) is 0.207. The van der Waals surface area contributed by atoms with Crippen LogP contribution in [0.5, 0.6) is 0 Å². The third-order valence-electron chi connectivity index (χ3n) is 3.97. The Bertz CT molecular complexity index is 806. The Hall–Kier alpha value is -3.20. The van der Waals surface area contributed by atoms with Crippen LogP contribution in [0.4, 0.5) is 0 Å². The van der Waals surface area contributed by atoms with E-state index < -0.39 is 23.9 Å². The molecule has 0 spiro atoms. The van der Waals surface area contributed by atoms with Crippen LogP contribution >= 0.6 is 0 Å². The smallest absolute Gasteiger partial charge is 0.328 e. The number of benzene rings is 1. The number of carbonyl (C=O) groups is 3. The van der Waals surface area contributed by atoms with E-state index in [1.807, 2.05) is 30.3 Å². The number of aromatic nitrogens is 2. The first kappa shape index (κ1) is 21.1. The highest BCUT2D eigenvalue weighted by Crippen LogP contribution is 2.06. The van der Waals surface area contributed by atoms with Gasteiger partial charge in [-0.05, 0) is 5.56 Å². The van der Waals surface area contributed by atoms with E-state index in [-0.39, 0.29) is 19.5 Å². The van der Waals surface area contributed by atoms with E-state index in [0.717, 1.165) is 5.56 Å². The number of carboxylic acid groups (broad SMARTS) is 1. The molecule has 0 radical (unpaired) electrons. The molecule has 0 aliphatic carbocycles. The molecule has 1 aromatic carbocycles. The molecule has 2 N–H and O–H groups in total. The minimum absolute atomic E-state index is 0.170. The van der Waals surface area contributed by atoms with Gasteiger partial charge in [-0.1, -0.05) is 30.3 Å². The van der Waals surface area contributed by atoms with Crippen LogP contribution in [-0.2, 0) is 39.1 Å². The van der Waals surface area contributed by atoms with E-state index in [1.165, 1.54) is 12.0 Å². The van der Waals surface area contributed by atoms with Gasteiger partial charge in [0.2, 0.25) is 5.91 Å². The number of esters is 1. The molecule has 2 rings (SSSR count). The lowest BCUT2D eigenvalue weighted by Gasteiger charge is -2.22. The number of imidazole rings is 1. The Kier molecular flexibility index (Phi) is 7.70. The molecule has 0 saturated heterocycles. The highest BCUT2D eigenvalue weighted by molar-refractivity contribution is 5.86. The minimum Gasteiger partial charge on any atom is -0.480 e. The second-order valence-electron chi connectivity index (χ2n) is 6.40. The highest BCUT2D eigenvalue weighted by atomic mass is 16.5. The van der Waals surface area contributed by atoms with Crippen LogP contribution in [0.1, 0.15) is 11.3 Å². The molecular weight excluding hydrogens is 364 g/mol. The summed E-state index contributed by atoms with van der Waals surface area (Å²) in [5.74, 6) is -2.10. The maximum Gasteiger partial charge on any atom is 0.328 e. The molecule has 9 nitrogen and oxygen atoms in total. The van der Waals surface area contributed by atoms with Gasteiger partial charge < -0.3 is 19.7 Å². The number of ether oxygens (including phenoxy) is 1. The number of amides is 1. The van der Waals surface area contributed by atoms with Crippen molar-refractivity contribution in [3.05, 3.63) is 54.1 Å². The van der Waals surface area contributed by atoms with Crippen LogP contribution < -0.4 is 5.32 Å². The van der Waals surface area contributed by atoms with Crippen LogP contribution in [0, 0.1) is 0 Å². The first-order valence-corrected chi connectivity index (χ1v) is 8.69. The zero-order valence-electron chi connectivity index (χ0n) is 15.9. The maximum atomic E-state index is 12.5. The fourth-order valence-electron chi connectivity index (χ4n) is 2.76. The van der Waals surface area contributed by atoms with Crippen LogP contribution in [0.3, 0.4) is 0 Å². The normalized spacial score (nSPS) is 11.8. The van der Waals surface area contributed by atoms with Crippen molar-refractivity contribution in [1.29, 1.82) is 0 Å². The van der Waals surface area contributed by atoms with E-state index in [4.69, 9.17) is 9.84 Å². The van der Waals surface area contributed by atoms with Gasteiger partial charge in [0.1, 0.15) is 6.04 Å². The average molecular weight is 388 g/mol. The largest absolute Gasteiger partial charge is 0.480 e. The Morgan fingerprint density at radius 2 is 1.96 bits per heavy atom. The summed E-state index contributed by atoms with van der Waals surface area (Å²) < 4.78 is 6.50. The minimum atomic E-state index is -1.04. The van der Waals surface area contributed by atoms with Gasteiger partial charge in [0, 0.05) is 26.2 Å². The van der Waals surface area contributed by atoms with Crippen molar-refractivity contribution in [2.45, 2.75) is 19.0 Å². The van der Waals surface area contributed by atoms with Gasteiger partial charge in [-0.2, -0.15) is 0 Å². The lowest BCUT2D eigenvalue weighted by Crippen LogP contribution is -2.47. The van der Waals surface area contributed by atoms with Crippen LogP contribution in [-0.4, -0.2) is 63.6 Å². The van der Waals surface area contributed by atoms with Crippen LogP contribution in [0.2, 0.25) is 0 Å². The van der Waals surface area contributed by atoms with Gasteiger partial charge in [0.25, 0.3) is 0 Å². The van der Waals surface area contributed by atoms with Crippen LogP contribution in [0.15, 0.2) is 42.9 Å². The van der Waals surface area contributed by atoms with E-state index in [0.29, 0.717) is 12.2 Å². The van der Waals surface area contributed by atoms with Gasteiger partial charge in [0.05, 0.1) is 32.2 Å². The Balaban J connectivity index is 2.02. The number of hydrogen-bond donors (Lipinski definition) is 2. The molecule has 0 fully saturated rings. The number of methoxy groups -OCH3 is 1. The van der Waals surface area contributed by atoms with Crippen LogP contribution in [0.25, 0.3) is 0 Å². The number of rotatable bonds is 10. The van der Waals surface area contributed by atoms with E-state index in [1.54, 1.807) is 24.1 Å². The fraction of sp³-hybridized carbons (Fsp3) is 0.368. The SMILES string of the molecule is COC(=O)C(Cc1cn(C)cn1)NC(=O)CN(CC(=O)O)Cc1ccccc1. The van der Waals surface area contributed by atoms with Gasteiger partial charge in [-0.3, -0.25) is 14.5 Å². The molecule has 1 aromatic heterocycles. The molecule has 28 heavy (non-hydrogen) atoms. The molecule has 2 aromatic rings. The summed E-state index contributed by atoms with van der Waals surface area (Å²) in [5.41, 5.74) is 1.51. The number of nitrogens with one attached hydrogen (secondary N) is 1. The first-order valence-electron chi connectivity index (χ1n) is 8.69. The predicted molar refractivity (Wildman–Crippen MR) is 100 cm³/mol. The molecule has 0 aliphatic heterocycles. The van der Waals surface area contributed by atoms with Crippen molar-refractivity contribution in [1.82, 2.24) is 19.8 Å². The molecule has 0 saturated carbocycles. The van der Waals surface area contributed by atoms with E-state index >= 15 is 0 Å². The average Bonchev–Trinajstić information content (AvgIpc) is 3.05. The summed E-state index contributed by atoms with van der Waals surface area (Å²) in [6.07, 6.45) is 3.52. The van der Waals surface area contributed by atoms with Gasteiger partial charge in [0.15, 0.2) is 0 Å².